The SMILES string of the molecule is C=C/C=C(\C=C)SCC.CC. The van der Waals surface area contributed by atoms with Gasteiger partial charge in [0.25, 0.3) is 0 Å². The molecule has 0 nitrogen and oxygen atoms in total. The van der Waals surface area contributed by atoms with Crippen molar-refractivity contribution in [3.05, 3.63) is 36.3 Å². The molecule has 0 aliphatic rings. The van der Waals surface area contributed by atoms with Crippen molar-refractivity contribution in [2.75, 3.05) is 5.75 Å². The van der Waals surface area contributed by atoms with E-state index in [1.807, 2.05) is 26.0 Å². The van der Waals surface area contributed by atoms with Crippen molar-refractivity contribution >= 4 is 11.8 Å². The van der Waals surface area contributed by atoms with Crippen LogP contribution < -0.4 is 0 Å². The molecule has 64 valence electrons. The second kappa shape index (κ2) is 12.3. The third-order valence-corrected chi connectivity index (χ3v) is 1.72. The van der Waals surface area contributed by atoms with Crippen LogP contribution in [-0.2, 0) is 0 Å². The summed E-state index contributed by atoms with van der Waals surface area (Å²) in [7, 11) is 0. The molecule has 0 bridgehead atoms. The molecular formula is C10H18S. The fourth-order valence-electron chi connectivity index (χ4n) is 0.458. The molecule has 0 saturated carbocycles. The fraction of sp³-hybridized carbons (Fsp3) is 0.400. The summed E-state index contributed by atoms with van der Waals surface area (Å²) in [6.07, 6.45) is 5.58. The van der Waals surface area contributed by atoms with Gasteiger partial charge in [-0.25, -0.2) is 0 Å². The number of thioether (sulfide) groups is 1. The predicted molar refractivity (Wildman–Crippen MR) is 58.0 cm³/mol. The van der Waals surface area contributed by atoms with Gasteiger partial charge in [0.15, 0.2) is 0 Å². The number of allylic oxidation sites excluding steroid dienone is 3. The first-order chi connectivity index (χ1) is 5.35. The fourth-order valence-corrected chi connectivity index (χ4v) is 1.10. The minimum Gasteiger partial charge on any atom is -0.126 e. The van der Waals surface area contributed by atoms with Gasteiger partial charge in [0.05, 0.1) is 0 Å². The van der Waals surface area contributed by atoms with Crippen LogP contribution in [0.25, 0.3) is 0 Å². The quantitative estimate of drug-likeness (QED) is 0.574. The van der Waals surface area contributed by atoms with Crippen molar-refractivity contribution in [1.82, 2.24) is 0 Å². The predicted octanol–water partition coefficient (Wildman–Crippen LogP) is 4.02. The molecule has 0 aromatic heterocycles. The second-order valence-corrected chi connectivity index (χ2v) is 2.78. The van der Waals surface area contributed by atoms with Crippen molar-refractivity contribution in [3.8, 4) is 0 Å². The van der Waals surface area contributed by atoms with Crippen LogP contribution in [0.2, 0.25) is 0 Å². The van der Waals surface area contributed by atoms with Gasteiger partial charge in [-0.3, -0.25) is 0 Å². The largest absolute Gasteiger partial charge is 0.126 e. The zero-order valence-electron chi connectivity index (χ0n) is 7.76. The lowest BCUT2D eigenvalue weighted by molar-refractivity contribution is 1.50. The van der Waals surface area contributed by atoms with E-state index in [2.05, 4.69) is 20.1 Å². The first-order valence-corrected chi connectivity index (χ1v) is 4.91. The highest BCUT2D eigenvalue weighted by atomic mass is 32.2. The highest BCUT2D eigenvalue weighted by molar-refractivity contribution is 8.03. The molecule has 0 atom stereocenters. The number of rotatable bonds is 4. The molecule has 0 aliphatic carbocycles. The Bertz CT molecular complexity index is 123. The zero-order chi connectivity index (χ0) is 9.11. The van der Waals surface area contributed by atoms with E-state index in [4.69, 9.17) is 0 Å². The Morgan fingerprint density at radius 3 is 2.18 bits per heavy atom. The van der Waals surface area contributed by atoms with E-state index in [1.165, 1.54) is 4.91 Å². The molecule has 0 unspecified atom stereocenters. The summed E-state index contributed by atoms with van der Waals surface area (Å²) in [6.45, 7) is 13.4. The molecule has 0 aromatic carbocycles. The Balaban J connectivity index is 0. The average Bonchev–Trinajstić information content (AvgIpc) is 2.08. The molecule has 11 heavy (non-hydrogen) atoms. The van der Waals surface area contributed by atoms with Crippen molar-refractivity contribution < 1.29 is 0 Å². The first kappa shape index (κ1) is 13.2. The summed E-state index contributed by atoms with van der Waals surface area (Å²) >= 11 is 1.77. The molecule has 0 saturated heterocycles. The van der Waals surface area contributed by atoms with E-state index in [1.54, 1.807) is 17.8 Å². The maximum Gasteiger partial charge on any atom is 0.00657 e. The lowest BCUT2D eigenvalue weighted by Crippen LogP contribution is -1.69. The third kappa shape index (κ3) is 9.57. The maximum atomic E-state index is 3.66. The van der Waals surface area contributed by atoms with Crippen LogP contribution in [-0.4, -0.2) is 5.75 Å². The van der Waals surface area contributed by atoms with Gasteiger partial charge in [0.2, 0.25) is 0 Å². The Morgan fingerprint density at radius 1 is 1.36 bits per heavy atom. The molecule has 0 amide bonds. The monoisotopic (exact) mass is 170 g/mol. The van der Waals surface area contributed by atoms with E-state index >= 15 is 0 Å². The third-order valence-electron chi connectivity index (χ3n) is 0.794. The van der Waals surface area contributed by atoms with Gasteiger partial charge in [-0.1, -0.05) is 46.1 Å². The van der Waals surface area contributed by atoms with Gasteiger partial charge in [0, 0.05) is 4.91 Å². The van der Waals surface area contributed by atoms with E-state index in [0.717, 1.165) is 5.75 Å². The standard InChI is InChI=1S/C8H12S.C2H6/c1-4-7-8(5-2)9-6-3;1-2/h4-5,7H,1-2,6H2,3H3;1-2H3/b8-7+;. The first-order valence-electron chi connectivity index (χ1n) is 3.93. The van der Waals surface area contributed by atoms with Gasteiger partial charge < -0.3 is 0 Å². The molecule has 0 aliphatic heterocycles. The van der Waals surface area contributed by atoms with Gasteiger partial charge in [-0.05, 0) is 11.8 Å². The summed E-state index contributed by atoms with van der Waals surface area (Å²) in [6, 6.07) is 0. The van der Waals surface area contributed by atoms with Crippen LogP contribution in [0.5, 0.6) is 0 Å². The highest BCUT2D eigenvalue weighted by Gasteiger charge is 1.84. The van der Waals surface area contributed by atoms with E-state index in [9.17, 15) is 0 Å². The minimum absolute atomic E-state index is 1.09. The maximum absolute atomic E-state index is 3.66. The summed E-state index contributed by atoms with van der Waals surface area (Å²) in [5.41, 5.74) is 0. The van der Waals surface area contributed by atoms with Crippen molar-refractivity contribution in [1.29, 1.82) is 0 Å². The van der Waals surface area contributed by atoms with Crippen LogP contribution in [0.4, 0.5) is 0 Å². The smallest absolute Gasteiger partial charge is 0.00657 e. The average molecular weight is 170 g/mol. The lowest BCUT2D eigenvalue weighted by Gasteiger charge is -1.93. The highest BCUT2D eigenvalue weighted by Crippen LogP contribution is 2.14. The van der Waals surface area contributed by atoms with Crippen molar-refractivity contribution in [3.63, 3.8) is 0 Å². The normalized spacial score (nSPS) is 9.55. The van der Waals surface area contributed by atoms with Crippen LogP contribution in [0.1, 0.15) is 20.8 Å². The van der Waals surface area contributed by atoms with Crippen LogP contribution >= 0.6 is 11.8 Å². The van der Waals surface area contributed by atoms with Crippen molar-refractivity contribution in [2.24, 2.45) is 0 Å². The molecule has 0 N–H and O–H groups in total. The van der Waals surface area contributed by atoms with Gasteiger partial charge in [-0.2, -0.15) is 0 Å². The number of hydrogen-bond donors (Lipinski definition) is 0. The number of hydrogen-bond acceptors (Lipinski definition) is 1. The summed E-state index contributed by atoms with van der Waals surface area (Å²) in [5.74, 6) is 1.09. The van der Waals surface area contributed by atoms with Crippen LogP contribution in [0, 0.1) is 0 Å². The molecule has 0 fully saturated rings. The Morgan fingerprint density at radius 2 is 1.91 bits per heavy atom. The molecular weight excluding hydrogens is 152 g/mol. The molecule has 0 rings (SSSR count). The molecule has 1 heteroatoms. The zero-order valence-corrected chi connectivity index (χ0v) is 8.58. The van der Waals surface area contributed by atoms with E-state index in [-0.39, 0.29) is 0 Å². The van der Waals surface area contributed by atoms with E-state index < -0.39 is 0 Å². The Labute approximate surface area is 75.1 Å². The van der Waals surface area contributed by atoms with Gasteiger partial charge in [0.1, 0.15) is 0 Å². The Kier molecular flexibility index (Phi) is 14.7. The minimum atomic E-state index is 1.09. The molecule has 0 aromatic rings. The summed E-state index contributed by atoms with van der Waals surface area (Å²) < 4.78 is 0. The lowest BCUT2D eigenvalue weighted by atomic mass is 10.5. The summed E-state index contributed by atoms with van der Waals surface area (Å²) in [5, 5.41) is 0. The topological polar surface area (TPSA) is 0 Å². The molecule has 0 heterocycles. The summed E-state index contributed by atoms with van der Waals surface area (Å²) in [4.78, 5) is 1.19. The van der Waals surface area contributed by atoms with Crippen molar-refractivity contribution in [2.45, 2.75) is 20.8 Å². The van der Waals surface area contributed by atoms with Gasteiger partial charge >= 0.3 is 0 Å². The Hall–Kier alpha value is -0.430. The second-order valence-electron chi connectivity index (χ2n) is 1.44. The molecule has 0 spiro atoms. The van der Waals surface area contributed by atoms with Gasteiger partial charge in [-0.15, -0.1) is 11.8 Å². The molecule has 0 radical (unpaired) electrons. The van der Waals surface area contributed by atoms with E-state index in [0.29, 0.717) is 0 Å². The van der Waals surface area contributed by atoms with Crippen LogP contribution in [0.15, 0.2) is 36.3 Å². The van der Waals surface area contributed by atoms with Crippen LogP contribution in [0.3, 0.4) is 0 Å².